The second-order valence-corrected chi connectivity index (χ2v) is 5.84. The zero-order valence-corrected chi connectivity index (χ0v) is 13.5. The van der Waals surface area contributed by atoms with Crippen molar-refractivity contribution in [2.24, 2.45) is 12.1 Å². The first-order valence-corrected chi connectivity index (χ1v) is 7.77. The van der Waals surface area contributed by atoms with E-state index in [4.69, 9.17) is 0 Å². The van der Waals surface area contributed by atoms with Crippen LogP contribution in [0.2, 0.25) is 0 Å². The summed E-state index contributed by atoms with van der Waals surface area (Å²) in [6.45, 7) is 1.98. The highest BCUT2D eigenvalue weighted by Crippen LogP contribution is 2.20. The maximum absolute atomic E-state index is 11.7. The monoisotopic (exact) mass is 332 g/mol. The van der Waals surface area contributed by atoms with E-state index < -0.39 is 4.92 Å². The fourth-order valence-electron chi connectivity index (χ4n) is 1.78. The van der Waals surface area contributed by atoms with Crippen molar-refractivity contribution >= 4 is 29.6 Å². The lowest BCUT2D eigenvalue weighted by Gasteiger charge is -2.01. The number of aromatic nitrogens is 1. The fraction of sp³-hybridized carbons (Fsp3) is 0.200. The van der Waals surface area contributed by atoms with Gasteiger partial charge in [-0.3, -0.25) is 14.9 Å². The van der Waals surface area contributed by atoms with Crippen LogP contribution >= 0.6 is 11.8 Å². The number of aryl methyl sites for hydroxylation is 1. The van der Waals surface area contributed by atoms with Gasteiger partial charge in [-0.05, 0) is 31.2 Å². The van der Waals surface area contributed by atoms with Crippen LogP contribution in [0.1, 0.15) is 11.4 Å². The first-order valence-electron chi connectivity index (χ1n) is 6.79. The summed E-state index contributed by atoms with van der Waals surface area (Å²) in [7, 11) is 1.92. The van der Waals surface area contributed by atoms with Gasteiger partial charge in [-0.1, -0.05) is 0 Å². The molecule has 2 rings (SSSR count). The van der Waals surface area contributed by atoms with Gasteiger partial charge in [-0.15, -0.1) is 11.8 Å². The normalized spacial score (nSPS) is 10.9. The van der Waals surface area contributed by atoms with Gasteiger partial charge in [0.05, 0.1) is 22.6 Å². The van der Waals surface area contributed by atoms with Gasteiger partial charge in [-0.2, -0.15) is 5.10 Å². The molecule has 2 aromatic rings. The molecule has 0 saturated carbocycles. The molecular weight excluding hydrogens is 316 g/mol. The molecule has 0 spiro atoms. The minimum absolute atomic E-state index is 0.0289. The number of benzene rings is 1. The predicted octanol–water partition coefficient (Wildman–Crippen LogP) is 2.48. The van der Waals surface area contributed by atoms with Gasteiger partial charge in [0, 0.05) is 29.8 Å². The predicted molar refractivity (Wildman–Crippen MR) is 89.7 cm³/mol. The zero-order valence-electron chi connectivity index (χ0n) is 12.7. The highest BCUT2D eigenvalue weighted by molar-refractivity contribution is 8.00. The number of amides is 1. The smallest absolute Gasteiger partial charge is 0.269 e. The van der Waals surface area contributed by atoms with E-state index in [1.54, 1.807) is 18.3 Å². The molecule has 0 fully saturated rings. The fourth-order valence-corrected chi connectivity index (χ4v) is 2.47. The zero-order chi connectivity index (χ0) is 16.8. The number of nitro benzene ring substituents is 1. The maximum Gasteiger partial charge on any atom is 0.269 e. The molecule has 7 nitrogen and oxygen atoms in total. The van der Waals surface area contributed by atoms with Crippen LogP contribution in [0.5, 0.6) is 0 Å². The number of non-ortho nitro benzene ring substituents is 1. The number of rotatable bonds is 6. The van der Waals surface area contributed by atoms with E-state index in [1.807, 2.05) is 30.7 Å². The molecule has 0 aliphatic heterocycles. The summed E-state index contributed by atoms with van der Waals surface area (Å²) in [6, 6.07) is 9.94. The van der Waals surface area contributed by atoms with Crippen molar-refractivity contribution in [2.45, 2.75) is 11.8 Å². The molecule has 0 aliphatic rings. The molecule has 8 heteroatoms. The Morgan fingerprint density at radius 3 is 2.61 bits per heavy atom. The van der Waals surface area contributed by atoms with Crippen LogP contribution in [-0.4, -0.2) is 27.4 Å². The summed E-state index contributed by atoms with van der Waals surface area (Å²) in [4.78, 5) is 22.6. The van der Waals surface area contributed by atoms with Crippen molar-refractivity contribution in [3.8, 4) is 0 Å². The molecule has 1 aromatic carbocycles. The minimum atomic E-state index is -0.457. The summed E-state index contributed by atoms with van der Waals surface area (Å²) >= 11 is 1.29. The summed E-state index contributed by atoms with van der Waals surface area (Å²) < 4.78 is 1.96. The van der Waals surface area contributed by atoms with Gasteiger partial charge < -0.3 is 4.57 Å². The third-order valence-electron chi connectivity index (χ3n) is 3.22. The number of carbonyl (C=O) groups is 1. The molecule has 1 heterocycles. The van der Waals surface area contributed by atoms with Crippen LogP contribution in [0, 0.1) is 17.0 Å². The molecule has 0 unspecified atom stereocenters. The Morgan fingerprint density at radius 1 is 1.35 bits per heavy atom. The first-order chi connectivity index (χ1) is 11.0. The standard InChI is InChI=1S/C15H16N4O3S/c1-11-3-4-13(18(11)2)9-16-17-15(20)10-23-14-7-5-12(6-8-14)19(21)22/h3-9H,10H2,1-2H3,(H,17,20)/b16-9+. The number of nitro groups is 1. The van der Waals surface area contributed by atoms with Crippen molar-refractivity contribution in [3.63, 3.8) is 0 Å². The average molecular weight is 332 g/mol. The number of thioether (sulfide) groups is 1. The summed E-state index contributed by atoms with van der Waals surface area (Å²) in [5.74, 6) is -0.0584. The third-order valence-corrected chi connectivity index (χ3v) is 4.23. The lowest BCUT2D eigenvalue weighted by Crippen LogP contribution is -2.19. The van der Waals surface area contributed by atoms with Gasteiger partial charge in [-0.25, -0.2) is 5.43 Å². The highest BCUT2D eigenvalue weighted by Gasteiger charge is 2.06. The van der Waals surface area contributed by atoms with Crippen LogP contribution in [0.25, 0.3) is 0 Å². The van der Waals surface area contributed by atoms with E-state index in [-0.39, 0.29) is 17.3 Å². The van der Waals surface area contributed by atoms with Crippen LogP contribution in [0.4, 0.5) is 5.69 Å². The second-order valence-electron chi connectivity index (χ2n) is 4.79. The Kier molecular flexibility index (Phi) is 5.53. The van der Waals surface area contributed by atoms with Gasteiger partial charge in [0.25, 0.3) is 5.69 Å². The van der Waals surface area contributed by atoms with Crippen LogP contribution in [0.15, 0.2) is 46.4 Å². The molecule has 0 aliphatic carbocycles. The van der Waals surface area contributed by atoms with Gasteiger partial charge in [0.15, 0.2) is 0 Å². The lowest BCUT2D eigenvalue weighted by atomic mass is 10.3. The Bertz CT molecular complexity index is 738. The Balaban J connectivity index is 1.81. The van der Waals surface area contributed by atoms with Crippen molar-refractivity contribution in [1.29, 1.82) is 0 Å². The topological polar surface area (TPSA) is 89.5 Å². The number of nitrogens with zero attached hydrogens (tertiary/aromatic N) is 3. The van der Waals surface area contributed by atoms with Crippen molar-refractivity contribution in [2.75, 3.05) is 5.75 Å². The Labute approximate surface area is 137 Å². The summed E-state index contributed by atoms with van der Waals surface area (Å²) in [6.07, 6.45) is 1.58. The molecular formula is C15H16N4O3S. The number of nitrogens with one attached hydrogen (secondary N) is 1. The average Bonchev–Trinajstić information content (AvgIpc) is 2.85. The number of hydrazone groups is 1. The SMILES string of the molecule is Cc1ccc(/C=N/NC(=O)CSc2ccc([N+](=O)[O-])cc2)n1C. The number of hydrogen-bond acceptors (Lipinski definition) is 5. The van der Waals surface area contributed by atoms with E-state index in [2.05, 4.69) is 10.5 Å². The maximum atomic E-state index is 11.7. The van der Waals surface area contributed by atoms with Crippen LogP contribution in [-0.2, 0) is 11.8 Å². The van der Waals surface area contributed by atoms with Gasteiger partial charge in [0.2, 0.25) is 5.91 Å². The summed E-state index contributed by atoms with van der Waals surface area (Å²) in [5, 5.41) is 14.5. The summed E-state index contributed by atoms with van der Waals surface area (Å²) in [5.41, 5.74) is 4.48. The molecule has 0 bridgehead atoms. The molecule has 1 amide bonds. The third kappa shape index (κ3) is 4.68. The van der Waals surface area contributed by atoms with Crippen LogP contribution in [0.3, 0.4) is 0 Å². The van der Waals surface area contributed by atoms with Crippen molar-refractivity contribution in [1.82, 2.24) is 9.99 Å². The molecule has 0 atom stereocenters. The van der Waals surface area contributed by atoms with Crippen molar-refractivity contribution < 1.29 is 9.72 Å². The molecule has 23 heavy (non-hydrogen) atoms. The minimum Gasteiger partial charge on any atom is -0.347 e. The lowest BCUT2D eigenvalue weighted by molar-refractivity contribution is -0.384. The highest BCUT2D eigenvalue weighted by atomic mass is 32.2. The largest absolute Gasteiger partial charge is 0.347 e. The second kappa shape index (κ2) is 7.59. The van der Waals surface area contributed by atoms with E-state index >= 15 is 0 Å². The van der Waals surface area contributed by atoms with Crippen LogP contribution < -0.4 is 5.43 Å². The Morgan fingerprint density at radius 2 is 2.04 bits per heavy atom. The van der Waals surface area contributed by atoms with E-state index in [0.717, 1.165) is 16.3 Å². The quantitative estimate of drug-likeness (QED) is 0.381. The van der Waals surface area contributed by atoms with E-state index in [9.17, 15) is 14.9 Å². The van der Waals surface area contributed by atoms with Gasteiger partial charge in [0.1, 0.15) is 0 Å². The number of carbonyl (C=O) groups excluding carboxylic acids is 1. The van der Waals surface area contributed by atoms with Gasteiger partial charge >= 0.3 is 0 Å². The Hall–Kier alpha value is -2.61. The molecule has 0 saturated heterocycles. The number of hydrogen-bond donors (Lipinski definition) is 1. The first kappa shape index (κ1) is 16.8. The van der Waals surface area contributed by atoms with E-state index in [1.165, 1.54) is 23.9 Å². The van der Waals surface area contributed by atoms with E-state index in [0.29, 0.717) is 0 Å². The molecule has 1 aromatic heterocycles. The molecule has 0 radical (unpaired) electrons. The molecule has 120 valence electrons. The van der Waals surface area contributed by atoms with Crippen molar-refractivity contribution in [3.05, 3.63) is 57.9 Å². The molecule has 1 N–H and O–H groups in total.